The first kappa shape index (κ1) is 15.4. The van der Waals surface area contributed by atoms with Crippen molar-refractivity contribution in [3.05, 3.63) is 29.5 Å². The van der Waals surface area contributed by atoms with Crippen LogP contribution in [0.2, 0.25) is 5.15 Å². The molecule has 0 aromatic carbocycles. The number of rotatable bonds is 5. The maximum absolute atomic E-state index is 12.4. The van der Waals surface area contributed by atoms with E-state index in [-0.39, 0.29) is 15.9 Å². The van der Waals surface area contributed by atoms with Gasteiger partial charge in [-0.15, -0.1) is 0 Å². The summed E-state index contributed by atoms with van der Waals surface area (Å²) in [6.45, 7) is 1.65. The molecule has 1 N–H and O–H groups in total. The van der Waals surface area contributed by atoms with Gasteiger partial charge in [0.05, 0.1) is 0 Å². The highest BCUT2D eigenvalue weighted by Crippen LogP contribution is 2.22. The minimum atomic E-state index is -3.83. The van der Waals surface area contributed by atoms with E-state index >= 15 is 0 Å². The zero-order valence-corrected chi connectivity index (χ0v) is 13.3. The van der Waals surface area contributed by atoms with Gasteiger partial charge in [-0.05, 0) is 19.1 Å². The molecule has 2 rings (SSSR count). The van der Waals surface area contributed by atoms with Gasteiger partial charge in [0.25, 0.3) is 10.0 Å². The van der Waals surface area contributed by atoms with Crippen LogP contribution in [-0.2, 0) is 20.8 Å². The lowest BCUT2D eigenvalue weighted by molar-refractivity contribution is 0.565. The van der Waals surface area contributed by atoms with Crippen molar-refractivity contribution in [2.24, 2.45) is 0 Å². The summed E-state index contributed by atoms with van der Waals surface area (Å²) >= 11 is 5.93. The monoisotopic (exact) mass is 335 g/mol. The quantitative estimate of drug-likeness (QED) is 0.885. The largest absolute Gasteiger partial charge is 0.288 e. The summed E-state index contributed by atoms with van der Waals surface area (Å²) in [6.07, 6.45) is 3.09. The van der Waals surface area contributed by atoms with Crippen LogP contribution in [0.4, 0.5) is 0 Å². The molecule has 0 radical (unpaired) electrons. The van der Waals surface area contributed by atoms with Crippen molar-refractivity contribution >= 4 is 38.1 Å². The normalized spacial score (nSPS) is 15.3. The van der Waals surface area contributed by atoms with Crippen LogP contribution in [0.25, 0.3) is 5.65 Å². The summed E-state index contributed by atoms with van der Waals surface area (Å²) in [7, 11) is -4.93. The molecule has 0 amide bonds. The molecule has 2 heterocycles. The molecule has 0 aliphatic rings. The zero-order valence-electron chi connectivity index (χ0n) is 10.9. The number of nitrogens with one attached hydrogen (secondary N) is 1. The van der Waals surface area contributed by atoms with E-state index in [9.17, 15) is 12.6 Å². The molecule has 0 spiro atoms. The Balaban J connectivity index is 2.42. The third kappa shape index (κ3) is 3.20. The van der Waals surface area contributed by atoms with E-state index in [1.165, 1.54) is 10.7 Å². The minimum absolute atomic E-state index is 0.0893. The van der Waals surface area contributed by atoms with E-state index in [0.717, 1.165) is 0 Å². The van der Waals surface area contributed by atoms with E-state index in [4.69, 9.17) is 11.6 Å². The number of halogens is 1. The number of nitrogens with zero attached hydrogens (tertiary/aromatic N) is 2. The van der Waals surface area contributed by atoms with Gasteiger partial charge < -0.3 is 0 Å². The van der Waals surface area contributed by atoms with Gasteiger partial charge in [0.1, 0.15) is 5.65 Å². The molecule has 2 unspecified atom stereocenters. The number of imidazole rings is 1. The first-order valence-corrected chi connectivity index (χ1v) is 9.35. The molecule has 2 atom stereocenters. The zero-order chi connectivity index (χ0) is 14.9. The highest BCUT2D eigenvalue weighted by Gasteiger charge is 2.26. The van der Waals surface area contributed by atoms with Crippen molar-refractivity contribution in [3.8, 4) is 0 Å². The Morgan fingerprint density at radius 2 is 2.20 bits per heavy atom. The summed E-state index contributed by atoms with van der Waals surface area (Å²) in [5.74, 6) is 0.230. The maximum Gasteiger partial charge on any atom is 0.260 e. The van der Waals surface area contributed by atoms with Crippen molar-refractivity contribution in [3.63, 3.8) is 0 Å². The summed E-state index contributed by atoms with van der Waals surface area (Å²) in [4.78, 5) is 4.00. The summed E-state index contributed by atoms with van der Waals surface area (Å²) < 4.78 is 39.7. The molecule has 0 aliphatic carbocycles. The second kappa shape index (κ2) is 5.80. The second-order valence-electron chi connectivity index (χ2n) is 4.40. The van der Waals surface area contributed by atoms with Gasteiger partial charge >= 0.3 is 0 Å². The number of aromatic nitrogens is 2. The Hall–Kier alpha value is -0.960. The molecule has 9 heteroatoms. The highest BCUT2D eigenvalue weighted by atomic mass is 35.5. The van der Waals surface area contributed by atoms with Crippen molar-refractivity contribution in [1.82, 2.24) is 14.1 Å². The fourth-order valence-electron chi connectivity index (χ4n) is 1.89. The number of hydrogen-bond acceptors (Lipinski definition) is 4. The molecule has 0 saturated carbocycles. The lowest BCUT2D eigenvalue weighted by Crippen LogP contribution is -2.36. The fraction of sp³-hybridized carbons (Fsp3) is 0.364. The van der Waals surface area contributed by atoms with E-state index in [0.29, 0.717) is 5.65 Å². The number of sulfonamides is 1. The predicted molar refractivity (Wildman–Crippen MR) is 78.9 cm³/mol. The third-order valence-corrected chi connectivity index (χ3v) is 5.50. The first-order valence-electron chi connectivity index (χ1n) is 5.76. The molecule has 0 aliphatic heterocycles. The molecule has 110 valence electrons. The van der Waals surface area contributed by atoms with E-state index in [1.807, 2.05) is 0 Å². The Morgan fingerprint density at radius 3 is 2.85 bits per heavy atom. The van der Waals surface area contributed by atoms with Crippen LogP contribution >= 0.6 is 11.6 Å². The van der Waals surface area contributed by atoms with Crippen LogP contribution in [0.1, 0.15) is 6.92 Å². The molecular formula is C11H14ClN3O3S2. The van der Waals surface area contributed by atoms with Crippen molar-refractivity contribution < 1.29 is 12.6 Å². The van der Waals surface area contributed by atoms with Crippen LogP contribution in [-0.4, -0.2) is 40.1 Å². The minimum Gasteiger partial charge on any atom is -0.288 e. The molecule has 2 aromatic heterocycles. The molecular weight excluding hydrogens is 322 g/mol. The van der Waals surface area contributed by atoms with Gasteiger partial charge in [-0.25, -0.2) is 18.1 Å². The smallest absolute Gasteiger partial charge is 0.260 e. The number of fused-ring (bicyclic) bond motifs is 1. The topological polar surface area (TPSA) is 80.5 Å². The van der Waals surface area contributed by atoms with Crippen LogP contribution in [0.3, 0.4) is 0 Å². The Morgan fingerprint density at radius 1 is 1.50 bits per heavy atom. The molecule has 0 bridgehead atoms. The number of pyridine rings is 1. The Kier molecular flexibility index (Phi) is 4.48. The second-order valence-corrected chi connectivity index (χ2v) is 7.87. The average Bonchev–Trinajstić information content (AvgIpc) is 2.62. The van der Waals surface area contributed by atoms with E-state index in [1.54, 1.807) is 31.3 Å². The lowest BCUT2D eigenvalue weighted by atomic mass is 10.4. The van der Waals surface area contributed by atoms with E-state index < -0.39 is 26.9 Å². The maximum atomic E-state index is 12.4. The number of hydrogen-bond donors (Lipinski definition) is 1. The van der Waals surface area contributed by atoms with E-state index in [2.05, 4.69) is 9.71 Å². The molecule has 0 fully saturated rings. The van der Waals surface area contributed by atoms with Gasteiger partial charge in [0, 0.05) is 35.0 Å². The molecule has 20 heavy (non-hydrogen) atoms. The van der Waals surface area contributed by atoms with Gasteiger partial charge in [0.2, 0.25) is 0 Å². The third-order valence-electron chi connectivity index (χ3n) is 2.54. The summed E-state index contributed by atoms with van der Waals surface area (Å²) in [5, 5.41) is -0.197. The van der Waals surface area contributed by atoms with Crippen LogP contribution in [0, 0.1) is 0 Å². The molecule has 6 nitrogen and oxygen atoms in total. The molecule has 0 saturated heterocycles. The predicted octanol–water partition coefficient (Wildman–Crippen LogP) is 1.03. The van der Waals surface area contributed by atoms with Crippen LogP contribution < -0.4 is 4.72 Å². The molecule has 2 aromatic rings. The van der Waals surface area contributed by atoms with Crippen molar-refractivity contribution in [1.29, 1.82) is 0 Å². The average molecular weight is 336 g/mol. The Labute approximate surface area is 124 Å². The van der Waals surface area contributed by atoms with Crippen LogP contribution in [0.5, 0.6) is 0 Å². The first-order chi connectivity index (χ1) is 9.31. The summed E-state index contributed by atoms with van der Waals surface area (Å²) in [6, 6.07) is 4.63. The van der Waals surface area contributed by atoms with Gasteiger partial charge in [0.15, 0.2) is 10.2 Å². The van der Waals surface area contributed by atoms with Gasteiger partial charge in [-0.2, -0.15) is 0 Å². The summed E-state index contributed by atoms with van der Waals surface area (Å²) in [5.41, 5.74) is 0.449. The lowest BCUT2D eigenvalue weighted by Gasteiger charge is -2.12. The van der Waals surface area contributed by atoms with Crippen LogP contribution in [0.15, 0.2) is 29.4 Å². The fourth-order valence-corrected chi connectivity index (χ4v) is 4.67. The highest BCUT2D eigenvalue weighted by molar-refractivity contribution is 7.89. The van der Waals surface area contributed by atoms with Gasteiger partial charge in [-0.3, -0.25) is 8.61 Å². The van der Waals surface area contributed by atoms with Crippen molar-refractivity contribution in [2.75, 3.05) is 12.0 Å². The Bertz CT molecular complexity index is 757. The standard InChI is InChI=1S/C11H14ClN3O3S2/c1-8(7-19(2)16)14-20(17,18)11-10(12)13-9-5-3-4-6-15(9)11/h3-6,8,14H,7H2,1-2H3. The SMILES string of the molecule is CC(CS(C)=O)NS(=O)(=O)c1c(Cl)nc2ccccn12. The van der Waals surface area contributed by atoms with Crippen molar-refractivity contribution in [2.45, 2.75) is 18.0 Å². The van der Waals surface area contributed by atoms with Gasteiger partial charge in [-0.1, -0.05) is 17.7 Å².